The molecule has 1 fully saturated rings. The van der Waals surface area contributed by atoms with Crippen molar-refractivity contribution in [1.82, 2.24) is 4.90 Å². The zero-order valence-electron chi connectivity index (χ0n) is 8.96. The number of carbonyl (C=O) groups is 2. The van der Waals surface area contributed by atoms with E-state index in [-0.39, 0.29) is 12.1 Å². The van der Waals surface area contributed by atoms with Crippen LogP contribution in [0, 0.1) is 0 Å². The molecule has 0 bridgehead atoms. The van der Waals surface area contributed by atoms with Gasteiger partial charge in [-0.2, -0.15) is 0 Å². The summed E-state index contributed by atoms with van der Waals surface area (Å²) in [6, 6.07) is -1.07. The molecule has 0 aromatic rings. The Bertz CT molecular complexity index is 323. The molecule has 2 atom stereocenters. The van der Waals surface area contributed by atoms with Crippen molar-refractivity contribution < 1.29 is 14.3 Å². The molecule has 2 aliphatic heterocycles. The van der Waals surface area contributed by atoms with E-state index in [1.165, 1.54) is 0 Å². The Morgan fingerprint density at radius 1 is 1.56 bits per heavy atom. The van der Waals surface area contributed by atoms with E-state index in [0.717, 1.165) is 19.3 Å². The van der Waals surface area contributed by atoms with Crippen LogP contribution in [0.3, 0.4) is 0 Å². The van der Waals surface area contributed by atoms with Gasteiger partial charge in [-0.15, -0.1) is 0 Å². The molecule has 6 nitrogen and oxygen atoms in total. The molecule has 2 N–H and O–H groups in total. The van der Waals surface area contributed by atoms with Crippen LogP contribution in [-0.2, 0) is 14.3 Å². The van der Waals surface area contributed by atoms with Gasteiger partial charge >= 0.3 is 0 Å². The standard InChI is InChI=1S/C10H15N3O3/c11-9(14)8-10(15)13(5-4-12-8)7-3-1-2-6-16-7/h4,7-8H,1-3,5-6H2,(H2,11,14). The molecule has 2 amide bonds. The lowest BCUT2D eigenvalue weighted by Gasteiger charge is -2.35. The number of carbonyl (C=O) groups excluding carboxylic acids is 2. The predicted octanol–water partition coefficient (Wildman–Crippen LogP) is -0.720. The molecule has 0 saturated carbocycles. The van der Waals surface area contributed by atoms with Gasteiger partial charge in [0.25, 0.3) is 11.8 Å². The van der Waals surface area contributed by atoms with Crippen molar-refractivity contribution in [2.24, 2.45) is 10.7 Å². The highest BCUT2D eigenvalue weighted by Gasteiger charge is 2.35. The average Bonchev–Trinajstić information content (AvgIpc) is 2.30. The minimum Gasteiger partial charge on any atom is -0.367 e. The summed E-state index contributed by atoms with van der Waals surface area (Å²) in [5, 5.41) is 0. The van der Waals surface area contributed by atoms with Crippen LogP contribution in [0.5, 0.6) is 0 Å². The molecule has 2 unspecified atom stereocenters. The molecule has 1 saturated heterocycles. The van der Waals surface area contributed by atoms with Gasteiger partial charge in [-0.05, 0) is 19.3 Å². The van der Waals surface area contributed by atoms with Gasteiger partial charge in [0.05, 0.1) is 6.54 Å². The van der Waals surface area contributed by atoms with Crippen molar-refractivity contribution in [2.45, 2.75) is 31.5 Å². The molecular formula is C10H15N3O3. The third kappa shape index (κ3) is 2.06. The van der Waals surface area contributed by atoms with Crippen LogP contribution in [0.4, 0.5) is 0 Å². The summed E-state index contributed by atoms with van der Waals surface area (Å²) in [6.07, 6.45) is 4.19. The van der Waals surface area contributed by atoms with E-state index in [1.807, 2.05) is 0 Å². The first-order valence-corrected chi connectivity index (χ1v) is 5.43. The monoisotopic (exact) mass is 225 g/mol. The first kappa shape index (κ1) is 11.1. The highest BCUT2D eigenvalue weighted by atomic mass is 16.5. The Kier molecular flexibility index (Phi) is 3.19. The van der Waals surface area contributed by atoms with E-state index in [4.69, 9.17) is 10.5 Å². The Balaban J connectivity index is 2.08. The Hall–Kier alpha value is -1.43. The average molecular weight is 225 g/mol. The Morgan fingerprint density at radius 3 is 3.00 bits per heavy atom. The zero-order chi connectivity index (χ0) is 11.5. The van der Waals surface area contributed by atoms with E-state index in [2.05, 4.69) is 4.99 Å². The third-order valence-corrected chi connectivity index (χ3v) is 2.82. The van der Waals surface area contributed by atoms with E-state index in [1.54, 1.807) is 11.1 Å². The zero-order valence-corrected chi connectivity index (χ0v) is 8.96. The lowest BCUT2D eigenvalue weighted by atomic mass is 10.1. The number of hydrogen-bond acceptors (Lipinski definition) is 4. The second kappa shape index (κ2) is 4.61. The lowest BCUT2D eigenvalue weighted by Crippen LogP contribution is -2.53. The number of nitrogens with two attached hydrogens (primary N) is 1. The Morgan fingerprint density at radius 2 is 2.38 bits per heavy atom. The number of aliphatic imine (C=N–C) groups is 1. The number of amides is 2. The van der Waals surface area contributed by atoms with E-state index in [0.29, 0.717) is 13.2 Å². The maximum absolute atomic E-state index is 11.9. The van der Waals surface area contributed by atoms with Gasteiger partial charge in [-0.3, -0.25) is 14.6 Å². The van der Waals surface area contributed by atoms with Crippen molar-refractivity contribution in [2.75, 3.05) is 13.2 Å². The number of hydrogen-bond donors (Lipinski definition) is 1. The van der Waals surface area contributed by atoms with Crippen LogP contribution in [0.15, 0.2) is 4.99 Å². The molecule has 16 heavy (non-hydrogen) atoms. The summed E-state index contributed by atoms with van der Waals surface area (Å²) < 4.78 is 5.51. The maximum atomic E-state index is 11.9. The van der Waals surface area contributed by atoms with Crippen LogP contribution >= 0.6 is 0 Å². The summed E-state index contributed by atoms with van der Waals surface area (Å²) in [5.41, 5.74) is 5.11. The second-order valence-electron chi connectivity index (χ2n) is 3.95. The summed E-state index contributed by atoms with van der Waals surface area (Å²) in [7, 11) is 0. The largest absolute Gasteiger partial charge is 0.367 e. The summed E-state index contributed by atoms with van der Waals surface area (Å²) in [4.78, 5) is 28.3. The normalized spacial score (nSPS) is 30.5. The van der Waals surface area contributed by atoms with Crippen LogP contribution in [0.1, 0.15) is 19.3 Å². The van der Waals surface area contributed by atoms with Gasteiger partial charge in [0.15, 0.2) is 0 Å². The van der Waals surface area contributed by atoms with Crippen LogP contribution in [0.2, 0.25) is 0 Å². The molecule has 2 heterocycles. The minimum atomic E-state index is -1.07. The van der Waals surface area contributed by atoms with Crippen molar-refractivity contribution in [1.29, 1.82) is 0 Å². The first-order valence-electron chi connectivity index (χ1n) is 5.43. The number of primary amides is 1. The summed E-state index contributed by atoms with van der Waals surface area (Å²) in [5.74, 6) is -1.05. The Labute approximate surface area is 93.4 Å². The molecule has 0 aromatic carbocycles. The molecule has 0 aromatic heterocycles. The molecule has 0 radical (unpaired) electrons. The molecule has 2 aliphatic rings. The molecule has 2 rings (SSSR count). The molecule has 0 aliphatic carbocycles. The smallest absolute Gasteiger partial charge is 0.259 e. The van der Waals surface area contributed by atoms with E-state index < -0.39 is 11.9 Å². The van der Waals surface area contributed by atoms with Crippen molar-refractivity contribution in [3.05, 3.63) is 0 Å². The van der Waals surface area contributed by atoms with Crippen molar-refractivity contribution in [3.63, 3.8) is 0 Å². The van der Waals surface area contributed by atoms with Gasteiger partial charge in [0.1, 0.15) is 6.23 Å². The number of nitrogens with zero attached hydrogens (tertiary/aromatic N) is 2. The fourth-order valence-corrected chi connectivity index (χ4v) is 1.98. The van der Waals surface area contributed by atoms with Gasteiger partial charge in [0.2, 0.25) is 6.04 Å². The number of rotatable bonds is 2. The third-order valence-electron chi connectivity index (χ3n) is 2.82. The van der Waals surface area contributed by atoms with Gasteiger partial charge in [0, 0.05) is 12.8 Å². The van der Waals surface area contributed by atoms with Gasteiger partial charge in [-0.25, -0.2) is 0 Å². The van der Waals surface area contributed by atoms with Crippen molar-refractivity contribution >= 4 is 18.0 Å². The predicted molar refractivity (Wildman–Crippen MR) is 56.8 cm³/mol. The molecule has 6 heteroatoms. The van der Waals surface area contributed by atoms with Crippen LogP contribution in [-0.4, -0.2) is 48.4 Å². The maximum Gasteiger partial charge on any atom is 0.259 e. The van der Waals surface area contributed by atoms with E-state index >= 15 is 0 Å². The molecule has 88 valence electrons. The highest BCUT2D eigenvalue weighted by molar-refractivity contribution is 6.06. The quantitative estimate of drug-likeness (QED) is 0.629. The molecular weight excluding hydrogens is 210 g/mol. The van der Waals surface area contributed by atoms with Gasteiger partial charge < -0.3 is 15.4 Å². The van der Waals surface area contributed by atoms with Gasteiger partial charge in [-0.1, -0.05) is 0 Å². The number of ether oxygens (including phenoxy) is 1. The summed E-state index contributed by atoms with van der Waals surface area (Å²) >= 11 is 0. The van der Waals surface area contributed by atoms with Crippen LogP contribution < -0.4 is 5.73 Å². The highest BCUT2D eigenvalue weighted by Crippen LogP contribution is 2.19. The SMILES string of the molecule is NC(=O)C1N=CCN(C2CCCCO2)C1=O. The minimum absolute atomic E-state index is 0.227. The second-order valence-corrected chi connectivity index (χ2v) is 3.95. The molecule has 0 spiro atoms. The topological polar surface area (TPSA) is 85.0 Å². The van der Waals surface area contributed by atoms with Crippen LogP contribution in [0.25, 0.3) is 0 Å². The fraction of sp³-hybridized carbons (Fsp3) is 0.700. The summed E-state index contributed by atoms with van der Waals surface area (Å²) in [6.45, 7) is 1.06. The fourth-order valence-electron chi connectivity index (χ4n) is 1.98. The van der Waals surface area contributed by atoms with Crippen molar-refractivity contribution in [3.8, 4) is 0 Å². The lowest BCUT2D eigenvalue weighted by molar-refractivity contribution is -0.152. The van der Waals surface area contributed by atoms with E-state index in [9.17, 15) is 9.59 Å². The first-order chi connectivity index (χ1) is 7.70.